The van der Waals surface area contributed by atoms with Crippen LogP contribution in [0.4, 0.5) is 0 Å². The van der Waals surface area contributed by atoms with Gasteiger partial charge in [-0.25, -0.2) is 0 Å². The van der Waals surface area contributed by atoms with E-state index in [0.29, 0.717) is 12.1 Å². The van der Waals surface area contributed by atoms with Crippen molar-refractivity contribution in [3.63, 3.8) is 0 Å². The molecule has 0 saturated carbocycles. The molecular formula is C16H27BrN2. The first kappa shape index (κ1) is 16.7. The minimum absolute atomic E-state index is 0.544. The molecule has 0 saturated heterocycles. The van der Waals surface area contributed by atoms with Gasteiger partial charge in [-0.15, -0.1) is 0 Å². The van der Waals surface area contributed by atoms with Crippen LogP contribution >= 0.6 is 15.9 Å². The van der Waals surface area contributed by atoms with Crippen LogP contribution < -0.4 is 5.32 Å². The molecule has 0 fully saturated rings. The molecule has 1 aromatic carbocycles. The van der Waals surface area contributed by atoms with Crippen LogP contribution in [0.1, 0.15) is 39.2 Å². The zero-order valence-electron chi connectivity index (χ0n) is 12.6. The Labute approximate surface area is 126 Å². The smallest absolute Gasteiger partial charge is 0.0234 e. The molecule has 19 heavy (non-hydrogen) atoms. The second-order valence-corrected chi connectivity index (χ2v) is 6.40. The summed E-state index contributed by atoms with van der Waals surface area (Å²) in [6, 6.07) is 9.74. The van der Waals surface area contributed by atoms with Crippen molar-refractivity contribution in [3.05, 3.63) is 34.3 Å². The molecule has 1 N–H and O–H groups in total. The molecule has 3 heteroatoms. The molecule has 0 aliphatic heterocycles. The Balaban J connectivity index is 2.35. The van der Waals surface area contributed by atoms with Crippen molar-refractivity contribution in [2.24, 2.45) is 0 Å². The average Bonchev–Trinajstić information content (AvgIpc) is 2.39. The van der Waals surface area contributed by atoms with E-state index in [-0.39, 0.29) is 0 Å². The van der Waals surface area contributed by atoms with Crippen molar-refractivity contribution in [2.75, 3.05) is 13.6 Å². The summed E-state index contributed by atoms with van der Waals surface area (Å²) < 4.78 is 1.14. The van der Waals surface area contributed by atoms with Crippen LogP contribution in [0.3, 0.4) is 0 Å². The molecule has 0 spiro atoms. The van der Waals surface area contributed by atoms with E-state index >= 15 is 0 Å². The normalized spacial score (nSPS) is 14.6. The molecule has 1 rings (SSSR count). The number of nitrogens with one attached hydrogen (secondary N) is 1. The molecule has 0 aromatic heterocycles. The van der Waals surface area contributed by atoms with Crippen molar-refractivity contribution >= 4 is 15.9 Å². The van der Waals surface area contributed by atoms with Crippen molar-refractivity contribution in [1.29, 1.82) is 0 Å². The summed E-state index contributed by atoms with van der Waals surface area (Å²) in [5, 5.41) is 3.61. The maximum absolute atomic E-state index is 3.61. The van der Waals surface area contributed by atoms with Crippen LogP contribution in [0.15, 0.2) is 28.7 Å². The van der Waals surface area contributed by atoms with E-state index in [1.54, 1.807) is 0 Å². The maximum Gasteiger partial charge on any atom is 0.0234 e. The Morgan fingerprint density at radius 3 is 2.42 bits per heavy atom. The van der Waals surface area contributed by atoms with E-state index in [2.05, 4.69) is 78.2 Å². The summed E-state index contributed by atoms with van der Waals surface area (Å²) in [7, 11) is 2.19. The Morgan fingerprint density at radius 2 is 1.84 bits per heavy atom. The van der Waals surface area contributed by atoms with Gasteiger partial charge in [-0.05, 0) is 45.0 Å². The minimum atomic E-state index is 0.544. The van der Waals surface area contributed by atoms with Crippen molar-refractivity contribution in [1.82, 2.24) is 10.2 Å². The zero-order chi connectivity index (χ0) is 14.3. The lowest BCUT2D eigenvalue weighted by Gasteiger charge is -2.26. The fourth-order valence-electron chi connectivity index (χ4n) is 2.10. The molecule has 2 atom stereocenters. The van der Waals surface area contributed by atoms with Gasteiger partial charge >= 0.3 is 0 Å². The number of hydrogen-bond acceptors (Lipinski definition) is 2. The lowest BCUT2D eigenvalue weighted by atomic mass is 10.1. The molecule has 2 unspecified atom stereocenters. The summed E-state index contributed by atoms with van der Waals surface area (Å²) in [5.41, 5.74) is 1.36. The topological polar surface area (TPSA) is 15.3 Å². The number of hydrogen-bond donors (Lipinski definition) is 1. The molecule has 0 bridgehead atoms. The average molecular weight is 327 g/mol. The summed E-state index contributed by atoms with van der Waals surface area (Å²) in [5.74, 6) is 0. The predicted octanol–water partition coefficient (Wildman–Crippen LogP) is 4.05. The van der Waals surface area contributed by atoms with Crippen LogP contribution in [-0.2, 0) is 6.54 Å². The van der Waals surface area contributed by atoms with Gasteiger partial charge in [0.1, 0.15) is 0 Å². The number of likely N-dealkylation sites (N-methyl/N-ethyl adjacent to an activating group) is 1. The highest BCUT2D eigenvalue weighted by atomic mass is 79.9. The lowest BCUT2D eigenvalue weighted by molar-refractivity contribution is 0.237. The van der Waals surface area contributed by atoms with Gasteiger partial charge in [0.05, 0.1) is 0 Å². The van der Waals surface area contributed by atoms with Gasteiger partial charge in [0.2, 0.25) is 0 Å². The van der Waals surface area contributed by atoms with Crippen molar-refractivity contribution in [3.8, 4) is 0 Å². The second-order valence-electron chi connectivity index (χ2n) is 5.49. The van der Waals surface area contributed by atoms with Crippen molar-refractivity contribution < 1.29 is 0 Å². The van der Waals surface area contributed by atoms with Gasteiger partial charge in [-0.3, -0.25) is 4.90 Å². The van der Waals surface area contributed by atoms with Crippen LogP contribution in [0.25, 0.3) is 0 Å². The van der Waals surface area contributed by atoms with E-state index in [1.165, 1.54) is 18.4 Å². The third-order valence-electron chi connectivity index (χ3n) is 3.58. The first-order chi connectivity index (χ1) is 9.02. The molecule has 2 nitrogen and oxygen atoms in total. The third-order valence-corrected chi connectivity index (χ3v) is 4.11. The summed E-state index contributed by atoms with van der Waals surface area (Å²) in [6.07, 6.45) is 2.50. The van der Waals surface area contributed by atoms with Crippen LogP contribution in [0.5, 0.6) is 0 Å². The fraction of sp³-hybridized carbons (Fsp3) is 0.625. The van der Waals surface area contributed by atoms with Crippen LogP contribution in [-0.4, -0.2) is 30.6 Å². The minimum Gasteiger partial charge on any atom is -0.313 e. The van der Waals surface area contributed by atoms with E-state index in [1.807, 2.05) is 0 Å². The molecule has 0 amide bonds. The first-order valence-corrected chi connectivity index (χ1v) is 8.00. The summed E-state index contributed by atoms with van der Waals surface area (Å²) >= 11 is 3.47. The van der Waals surface area contributed by atoms with Crippen LogP contribution in [0, 0.1) is 0 Å². The number of nitrogens with zero attached hydrogens (tertiary/aromatic N) is 1. The van der Waals surface area contributed by atoms with E-state index < -0.39 is 0 Å². The van der Waals surface area contributed by atoms with Gasteiger partial charge in [-0.2, -0.15) is 0 Å². The van der Waals surface area contributed by atoms with Gasteiger partial charge in [0, 0.05) is 29.6 Å². The van der Waals surface area contributed by atoms with E-state index in [4.69, 9.17) is 0 Å². The summed E-state index contributed by atoms with van der Waals surface area (Å²) in [6.45, 7) is 8.84. The number of rotatable bonds is 8. The predicted molar refractivity (Wildman–Crippen MR) is 87.4 cm³/mol. The Bertz CT molecular complexity index is 350. The van der Waals surface area contributed by atoms with Gasteiger partial charge < -0.3 is 5.32 Å². The zero-order valence-corrected chi connectivity index (χ0v) is 14.2. The Hall–Kier alpha value is -0.380. The second kappa shape index (κ2) is 8.72. The largest absolute Gasteiger partial charge is 0.313 e. The highest BCUT2D eigenvalue weighted by Gasteiger charge is 2.10. The highest BCUT2D eigenvalue weighted by molar-refractivity contribution is 9.10. The maximum atomic E-state index is 3.61. The molecule has 0 heterocycles. The Kier molecular flexibility index (Phi) is 7.66. The first-order valence-electron chi connectivity index (χ1n) is 7.21. The monoisotopic (exact) mass is 326 g/mol. The quantitative estimate of drug-likeness (QED) is 0.775. The SMILES string of the molecule is CCCC(C)NCC(C)N(C)Cc1ccc(Br)cc1. The molecule has 0 aliphatic rings. The molecule has 1 aromatic rings. The number of halogens is 1. The number of benzene rings is 1. The molecule has 108 valence electrons. The van der Waals surface area contributed by atoms with Gasteiger partial charge in [0.25, 0.3) is 0 Å². The third kappa shape index (κ3) is 6.55. The highest BCUT2D eigenvalue weighted by Crippen LogP contribution is 2.12. The van der Waals surface area contributed by atoms with E-state index in [9.17, 15) is 0 Å². The summed E-state index contributed by atoms with van der Waals surface area (Å²) in [4.78, 5) is 2.40. The van der Waals surface area contributed by atoms with E-state index in [0.717, 1.165) is 17.6 Å². The molecule has 0 radical (unpaired) electrons. The Morgan fingerprint density at radius 1 is 1.21 bits per heavy atom. The lowest BCUT2D eigenvalue weighted by Crippen LogP contribution is -2.40. The standard InChI is InChI=1S/C16H27BrN2/c1-5-6-13(2)18-11-14(3)19(4)12-15-7-9-16(17)10-8-15/h7-10,13-14,18H,5-6,11-12H2,1-4H3. The molecular weight excluding hydrogens is 300 g/mol. The van der Waals surface area contributed by atoms with Crippen molar-refractivity contribution in [2.45, 2.75) is 52.2 Å². The fourth-order valence-corrected chi connectivity index (χ4v) is 2.36. The van der Waals surface area contributed by atoms with Gasteiger partial charge in [0.15, 0.2) is 0 Å². The van der Waals surface area contributed by atoms with Crippen LogP contribution in [0.2, 0.25) is 0 Å². The molecule has 0 aliphatic carbocycles. The van der Waals surface area contributed by atoms with Gasteiger partial charge in [-0.1, -0.05) is 41.4 Å².